The minimum Gasteiger partial charge on any atom is -0.507 e. The first-order valence-electron chi connectivity index (χ1n) is 14.2. The van der Waals surface area contributed by atoms with Gasteiger partial charge < -0.3 is 5.11 Å². The van der Waals surface area contributed by atoms with Crippen molar-refractivity contribution in [1.29, 1.82) is 0 Å². The molecule has 3 nitrogen and oxygen atoms in total. The monoisotopic (exact) mass is 750 g/mol. The quantitative estimate of drug-likeness (QED) is 0.183. The molecule has 0 aliphatic carbocycles. The maximum atomic E-state index is 10.9. The minimum absolute atomic E-state index is 0. The van der Waals surface area contributed by atoms with E-state index in [1.165, 1.54) is 16.7 Å². The van der Waals surface area contributed by atoms with Gasteiger partial charge in [0.1, 0.15) is 10.8 Å². The molecule has 0 spiro atoms. The van der Waals surface area contributed by atoms with Crippen LogP contribution < -0.4 is 0 Å². The molecule has 2 heterocycles. The van der Waals surface area contributed by atoms with Gasteiger partial charge in [-0.05, 0) is 59.0 Å². The SMILES string of the molecule is Cc1cc(-c2cc(C(C)C)cc3sc(-c4cc(C(C)(C)C)ccc4O)nc23)[c-]c(-c2cccc3c(C)ccnc23)c1.[Pt]. The van der Waals surface area contributed by atoms with Crippen molar-refractivity contribution in [2.24, 2.45) is 0 Å². The number of rotatable bonds is 4. The molecule has 2 aromatic heterocycles. The number of aromatic nitrogens is 2. The van der Waals surface area contributed by atoms with Crippen molar-refractivity contribution in [3.05, 3.63) is 101 Å². The van der Waals surface area contributed by atoms with Gasteiger partial charge in [-0.15, -0.1) is 46.2 Å². The van der Waals surface area contributed by atoms with Crippen molar-refractivity contribution in [3.8, 4) is 38.6 Å². The third-order valence-electron chi connectivity index (χ3n) is 7.86. The van der Waals surface area contributed by atoms with E-state index in [-0.39, 0.29) is 32.2 Å². The van der Waals surface area contributed by atoms with Crippen LogP contribution in [0.1, 0.15) is 62.8 Å². The number of para-hydroxylation sites is 1. The van der Waals surface area contributed by atoms with Gasteiger partial charge in [0.25, 0.3) is 0 Å². The third-order valence-corrected chi connectivity index (χ3v) is 8.90. The standard InChI is InChI=1S/C37H35N2OS.Pt/c1-21(2)24-18-30(35-33(19-24)41-36(39-35)31-20-27(37(5,6)7)11-12-32(31)40)26-16-22(3)15-25(17-26)29-10-8-9-28-23(4)13-14-38-34(28)29;/h8-16,18-21,40H,1-7H3;/q-1;. The molecule has 6 aromatic rings. The van der Waals surface area contributed by atoms with Gasteiger partial charge >= 0.3 is 0 Å². The van der Waals surface area contributed by atoms with Crippen molar-refractivity contribution < 1.29 is 26.2 Å². The summed E-state index contributed by atoms with van der Waals surface area (Å²) in [6, 6.07) is 27.0. The predicted octanol–water partition coefficient (Wildman–Crippen LogP) is 10.4. The van der Waals surface area contributed by atoms with Gasteiger partial charge in [-0.2, -0.15) is 0 Å². The molecular formula is C37H35N2OPtS-. The molecule has 0 atom stereocenters. The fourth-order valence-corrected chi connectivity index (χ4v) is 6.48. The summed E-state index contributed by atoms with van der Waals surface area (Å²) in [5, 5.41) is 12.9. The summed E-state index contributed by atoms with van der Waals surface area (Å²) in [6.45, 7) is 15.3. The first-order chi connectivity index (χ1) is 19.5. The Bertz CT molecular complexity index is 1950. The molecule has 6 rings (SSSR count). The molecule has 1 N–H and O–H groups in total. The Balaban J connectivity index is 0.00000353. The summed E-state index contributed by atoms with van der Waals surface area (Å²) in [5.74, 6) is 0.613. The second-order valence-electron chi connectivity index (χ2n) is 12.4. The topological polar surface area (TPSA) is 46.0 Å². The predicted molar refractivity (Wildman–Crippen MR) is 174 cm³/mol. The van der Waals surface area contributed by atoms with Crippen molar-refractivity contribution >= 4 is 32.5 Å². The number of fused-ring (bicyclic) bond motifs is 2. The van der Waals surface area contributed by atoms with Gasteiger partial charge in [-0.25, -0.2) is 4.98 Å². The third kappa shape index (κ3) is 5.55. The van der Waals surface area contributed by atoms with Crippen LogP contribution in [0.25, 0.3) is 53.9 Å². The molecule has 42 heavy (non-hydrogen) atoms. The summed E-state index contributed by atoms with van der Waals surface area (Å²) in [7, 11) is 0. The fraction of sp³-hybridized carbons (Fsp3) is 0.243. The van der Waals surface area contributed by atoms with Crippen LogP contribution in [0.2, 0.25) is 0 Å². The molecular weight excluding hydrogens is 716 g/mol. The molecule has 0 unspecified atom stereocenters. The molecule has 0 aliphatic rings. The molecule has 0 aliphatic heterocycles. The number of aromatic hydroxyl groups is 1. The van der Waals surface area contributed by atoms with E-state index in [0.29, 0.717) is 5.92 Å². The number of pyridine rings is 1. The Labute approximate surface area is 267 Å². The van der Waals surface area contributed by atoms with Crippen molar-refractivity contribution in [2.45, 2.75) is 59.8 Å². The van der Waals surface area contributed by atoms with Crippen LogP contribution >= 0.6 is 11.3 Å². The molecule has 4 aromatic carbocycles. The van der Waals surface area contributed by atoms with Crippen LogP contribution in [-0.2, 0) is 26.5 Å². The van der Waals surface area contributed by atoms with E-state index < -0.39 is 0 Å². The van der Waals surface area contributed by atoms with E-state index in [1.807, 2.05) is 12.3 Å². The Morgan fingerprint density at radius 3 is 2.29 bits per heavy atom. The molecule has 0 fully saturated rings. The zero-order valence-electron chi connectivity index (χ0n) is 25.1. The largest absolute Gasteiger partial charge is 0.507 e. The summed E-state index contributed by atoms with van der Waals surface area (Å²) in [5.41, 5.74) is 11.7. The second kappa shape index (κ2) is 11.4. The van der Waals surface area contributed by atoms with Crippen LogP contribution in [-0.4, -0.2) is 15.1 Å². The van der Waals surface area contributed by atoms with Gasteiger partial charge in [0.05, 0.1) is 11.1 Å². The van der Waals surface area contributed by atoms with E-state index in [9.17, 15) is 5.11 Å². The van der Waals surface area contributed by atoms with Crippen molar-refractivity contribution in [3.63, 3.8) is 0 Å². The molecule has 0 amide bonds. The van der Waals surface area contributed by atoms with Crippen LogP contribution in [0.15, 0.2) is 72.9 Å². The van der Waals surface area contributed by atoms with E-state index in [2.05, 4.69) is 109 Å². The number of hydrogen-bond donors (Lipinski definition) is 1. The Morgan fingerprint density at radius 1 is 0.833 bits per heavy atom. The van der Waals surface area contributed by atoms with Gasteiger partial charge in [0.15, 0.2) is 0 Å². The first-order valence-corrected chi connectivity index (χ1v) is 15.0. The number of thiazole rings is 1. The zero-order valence-corrected chi connectivity index (χ0v) is 28.2. The Morgan fingerprint density at radius 2 is 1.57 bits per heavy atom. The average Bonchev–Trinajstić information content (AvgIpc) is 3.36. The summed E-state index contributed by atoms with van der Waals surface area (Å²) in [4.78, 5) is 9.92. The number of phenolic OH excluding ortho intramolecular Hbond substituents is 1. The number of hydrogen-bond acceptors (Lipinski definition) is 4. The van der Waals surface area contributed by atoms with Crippen molar-refractivity contribution in [2.75, 3.05) is 0 Å². The molecule has 0 saturated carbocycles. The van der Waals surface area contributed by atoms with E-state index >= 15 is 0 Å². The van der Waals surface area contributed by atoms with Crippen LogP contribution in [0.5, 0.6) is 5.75 Å². The first kappa shape index (κ1) is 30.1. The molecule has 5 heteroatoms. The van der Waals surface area contributed by atoms with Crippen molar-refractivity contribution in [1.82, 2.24) is 9.97 Å². The summed E-state index contributed by atoms with van der Waals surface area (Å²) < 4.78 is 1.11. The summed E-state index contributed by atoms with van der Waals surface area (Å²) in [6.07, 6.45) is 1.88. The smallest absolute Gasteiger partial charge is 0.127 e. The maximum absolute atomic E-state index is 10.9. The normalized spacial score (nSPS) is 11.8. The Hall–Kier alpha value is -3.33. The minimum atomic E-state index is -0.0307. The van der Waals surface area contributed by atoms with Gasteiger partial charge in [-0.3, -0.25) is 4.98 Å². The van der Waals surface area contributed by atoms with Gasteiger partial charge in [0.2, 0.25) is 0 Å². The number of nitrogens with zero attached hydrogens (tertiary/aromatic N) is 2. The number of benzene rings is 4. The maximum Gasteiger partial charge on any atom is 0.127 e. The molecule has 0 saturated heterocycles. The van der Waals surface area contributed by atoms with Gasteiger partial charge in [0, 0.05) is 37.5 Å². The number of aryl methyl sites for hydroxylation is 2. The molecule has 216 valence electrons. The number of phenols is 1. The van der Waals surface area contributed by atoms with Crippen LogP contribution in [0.4, 0.5) is 0 Å². The Kier molecular flexibility index (Phi) is 8.18. The van der Waals surface area contributed by atoms with Crippen LogP contribution in [0.3, 0.4) is 0 Å². The van der Waals surface area contributed by atoms with E-state index in [0.717, 1.165) is 59.5 Å². The second-order valence-corrected chi connectivity index (χ2v) is 13.4. The van der Waals surface area contributed by atoms with E-state index in [4.69, 9.17) is 9.97 Å². The fourth-order valence-electron chi connectivity index (χ4n) is 5.41. The summed E-state index contributed by atoms with van der Waals surface area (Å²) >= 11 is 1.64. The van der Waals surface area contributed by atoms with Gasteiger partial charge in [-0.1, -0.05) is 88.6 Å². The molecule has 0 radical (unpaired) electrons. The average molecular weight is 751 g/mol. The van der Waals surface area contributed by atoms with Crippen LogP contribution in [0, 0.1) is 19.9 Å². The van der Waals surface area contributed by atoms with E-state index in [1.54, 1.807) is 17.4 Å². The zero-order chi connectivity index (χ0) is 29.1. The molecule has 0 bridgehead atoms.